The topological polar surface area (TPSA) is 0 Å². The minimum absolute atomic E-state index is 1.23. The molecule has 1 aliphatic carbocycles. The molecule has 0 saturated carbocycles. The lowest BCUT2D eigenvalue weighted by Crippen LogP contribution is -1.82. The zero-order chi connectivity index (χ0) is 11.3. The van der Waals surface area contributed by atoms with Crippen molar-refractivity contribution in [2.24, 2.45) is 0 Å². The second kappa shape index (κ2) is 11.0. The van der Waals surface area contributed by atoms with Gasteiger partial charge in [-0.1, -0.05) is 57.8 Å². The Balaban J connectivity index is 2.15. The van der Waals surface area contributed by atoms with E-state index >= 15 is 0 Å². The van der Waals surface area contributed by atoms with Gasteiger partial charge in [0.1, 0.15) is 0 Å². The van der Waals surface area contributed by atoms with Crippen LogP contribution >= 0.6 is 0 Å². The van der Waals surface area contributed by atoms with E-state index in [1.54, 1.807) is 0 Å². The Bertz CT molecular complexity index is 178. The Morgan fingerprint density at radius 3 is 1.12 bits per heavy atom. The summed E-state index contributed by atoms with van der Waals surface area (Å²) in [7, 11) is 0. The highest BCUT2D eigenvalue weighted by molar-refractivity contribution is 4.84. The molecule has 0 fully saturated rings. The van der Waals surface area contributed by atoms with Gasteiger partial charge in [0.2, 0.25) is 0 Å². The fraction of sp³-hybridized carbons (Fsp3) is 0.812. The molecular weight excluding hydrogens is 192 g/mol. The molecule has 0 aromatic rings. The van der Waals surface area contributed by atoms with Crippen LogP contribution in [0.4, 0.5) is 0 Å². The summed E-state index contributed by atoms with van der Waals surface area (Å²) < 4.78 is 0. The zero-order valence-corrected chi connectivity index (χ0v) is 10.8. The van der Waals surface area contributed by atoms with E-state index in [0.29, 0.717) is 0 Å². The quantitative estimate of drug-likeness (QED) is 0.454. The maximum Gasteiger partial charge on any atom is -0.0274 e. The van der Waals surface area contributed by atoms with E-state index in [4.69, 9.17) is 0 Å². The molecule has 1 rings (SSSR count). The molecular formula is C16H28. The molecule has 0 heteroatoms. The molecule has 0 saturated heterocycles. The number of rotatable bonds is 0. The molecule has 0 aliphatic heterocycles. The van der Waals surface area contributed by atoms with Crippen molar-refractivity contribution in [3.8, 4) is 0 Å². The molecule has 0 unspecified atom stereocenters. The molecule has 0 amide bonds. The van der Waals surface area contributed by atoms with Gasteiger partial charge >= 0.3 is 0 Å². The highest BCUT2D eigenvalue weighted by Gasteiger charge is 1.93. The van der Waals surface area contributed by atoms with E-state index in [1.165, 1.54) is 83.5 Å². The van der Waals surface area contributed by atoms with Gasteiger partial charge in [0, 0.05) is 0 Å². The van der Waals surface area contributed by atoms with Crippen LogP contribution in [0.1, 0.15) is 83.5 Å². The van der Waals surface area contributed by atoms with Crippen molar-refractivity contribution in [1.29, 1.82) is 0 Å². The van der Waals surface area contributed by atoms with Gasteiger partial charge in [-0.25, -0.2) is 0 Å². The predicted octanol–water partition coefficient (Wildman–Crippen LogP) is 5.78. The molecule has 0 radical (unpaired) electrons. The lowest BCUT2D eigenvalue weighted by molar-refractivity contribution is 0.547. The molecule has 0 nitrogen and oxygen atoms in total. The van der Waals surface area contributed by atoms with E-state index in [1.807, 2.05) is 0 Å². The van der Waals surface area contributed by atoms with Gasteiger partial charge in [-0.05, 0) is 37.8 Å². The molecule has 0 atom stereocenters. The van der Waals surface area contributed by atoms with Crippen LogP contribution in [0, 0.1) is 0 Å². The smallest absolute Gasteiger partial charge is 0.0274 e. The van der Waals surface area contributed by atoms with Gasteiger partial charge < -0.3 is 0 Å². The van der Waals surface area contributed by atoms with Crippen LogP contribution in [0.25, 0.3) is 0 Å². The van der Waals surface area contributed by atoms with Crippen LogP contribution in [0.3, 0.4) is 0 Å². The molecule has 0 aromatic heterocycles. The average Bonchev–Trinajstić information content (AvgIpc) is 2.29. The standard InChI is InChI=1S/C16H28/c1-2-4-6-8-10-12-14-16-15-13-11-9-7-5-3-1/h1,5H,2,4,6-16H2. The van der Waals surface area contributed by atoms with Crippen LogP contribution in [0.2, 0.25) is 0 Å². The van der Waals surface area contributed by atoms with Crippen LogP contribution in [0.5, 0.6) is 0 Å². The SMILES string of the molecule is C1=CCCCCCCCCCCCCCC=1. The van der Waals surface area contributed by atoms with E-state index in [-0.39, 0.29) is 0 Å². The zero-order valence-electron chi connectivity index (χ0n) is 10.8. The van der Waals surface area contributed by atoms with Crippen molar-refractivity contribution in [2.75, 3.05) is 0 Å². The van der Waals surface area contributed by atoms with Crippen molar-refractivity contribution in [3.05, 3.63) is 17.9 Å². The van der Waals surface area contributed by atoms with E-state index in [9.17, 15) is 0 Å². The van der Waals surface area contributed by atoms with Gasteiger partial charge in [0.05, 0.1) is 0 Å². The lowest BCUT2D eigenvalue weighted by Gasteiger charge is -2.02. The second-order valence-corrected chi connectivity index (χ2v) is 5.04. The minimum atomic E-state index is 1.23. The van der Waals surface area contributed by atoms with Gasteiger partial charge in [0.25, 0.3) is 0 Å². The summed E-state index contributed by atoms with van der Waals surface area (Å²) in [4.78, 5) is 0. The summed E-state index contributed by atoms with van der Waals surface area (Å²) in [5, 5.41) is 0. The summed E-state index contributed by atoms with van der Waals surface area (Å²) in [5.74, 6) is 0. The summed E-state index contributed by atoms with van der Waals surface area (Å²) in [6.07, 6.45) is 22.7. The first-order valence-corrected chi connectivity index (χ1v) is 7.39. The molecule has 0 N–H and O–H groups in total. The number of hydrogen-bond acceptors (Lipinski definition) is 0. The average molecular weight is 220 g/mol. The molecule has 0 spiro atoms. The van der Waals surface area contributed by atoms with Crippen molar-refractivity contribution in [3.63, 3.8) is 0 Å². The molecule has 0 bridgehead atoms. The van der Waals surface area contributed by atoms with Crippen LogP contribution in [0.15, 0.2) is 17.9 Å². The molecule has 0 aromatic carbocycles. The Morgan fingerprint density at radius 2 is 0.750 bits per heavy atom. The first-order valence-electron chi connectivity index (χ1n) is 7.39. The van der Waals surface area contributed by atoms with Crippen LogP contribution < -0.4 is 0 Å². The molecule has 0 heterocycles. The van der Waals surface area contributed by atoms with E-state index < -0.39 is 0 Å². The maximum atomic E-state index is 3.32. The predicted molar refractivity (Wildman–Crippen MR) is 72.7 cm³/mol. The normalized spacial score (nSPS) is 22.0. The fourth-order valence-corrected chi connectivity index (χ4v) is 2.33. The van der Waals surface area contributed by atoms with Gasteiger partial charge in [0.15, 0.2) is 0 Å². The number of hydrogen-bond donors (Lipinski definition) is 0. The molecule has 16 heavy (non-hydrogen) atoms. The summed E-state index contributed by atoms with van der Waals surface area (Å²) in [6.45, 7) is 0. The highest BCUT2D eigenvalue weighted by atomic mass is 14.0. The van der Waals surface area contributed by atoms with Crippen molar-refractivity contribution >= 4 is 0 Å². The minimum Gasteiger partial charge on any atom is -0.130 e. The second-order valence-electron chi connectivity index (χ2n) is 5.04. The molecule has 92 valence electrons. The van der Waals surface area contributed by atoms with E-state index in [0.717, 1.165) is 0 Å². The van der Waals surface area contributed by atoms with Crippen LogP contribution in [-0.4, -0.2) is 0 Å². The highest BCUT2D eigenvalue weighted by Crippen LogP contribution is 2.13. The first-order chi connectivity index (χ1) is 8.00. The summed E-state index contributed by atoms with van der Waals surface area (Å²) in [6, 6.07) is 0. The Labute approximate surface area is 102 Å². The third-order valence-electron chi connectivity index (χ3n) is 3.43. The van der Waals surface area contributed by atoms with Gasteiger partial charge in [-0.15, -0.1) is 5.73 Å². The number of allylic oxidation sites excluding steroid dienone is 1. The van der Waals surface area contributed by atoms with Crippen LogP contribution in [-0.2, 0) is 0 Å². The summed E-state index contributed by atoms with van der Waals surface area (Å²) in [5.41, 5.74) is 3.32. The van der Waals surface area contributed by atoms with Crippen molar-refractivity contribution in [1.82, 2.24) is 0 Å². The Kier molecular flexibility index (Phi) is 9.36. The maximum absolute atomic E-state index is 3.32. The first kappa shape index (κ1) is 13.6. The Hall–Kier alpha value is -0.480. The third-order valence-corrected chi connectivity index (χ3v) is 3.43. The molecule has 1 aliphatic rings. The van der Waals surface area contributed by atoms with Gasteiger partial charge in [-0.2, -0.15) is 0 Å². The monoisotopic (exact) mass is 220 g/mol. The largest absolute Gasteiger partial charge is 0.130 e. The fourth-order valence-electron chi connectivity index (χ4n) is 2.33. The third kappa shape index (κ3) is 8.80. The summed E-state index contributed by atoms with van der Waals surface area (Å²) >= 11 is 0. The van der Waals surface area contributed by atoms with E-state index in [2.05, 4.69) is 17.9 Å². The van der Waals surface area contributed by atoms with Crippen molar-refractivity contribution < 1.29 is 0 Å². The van der Waals surface area contributed by atoms with Gasteiger partial charge in [-0.3, -0.25) is 0 Å². The lowest BCUT2D eigenvalue weighted by atomic mass is 10.0. The Morgan fingerprint density at radius 1 is 0.438 bits per heavy atom. The van der Waals surface area contributed by atoms with Crippen molar-refractivity contribution in [2.45, 2.75) is 83.5 Å².